The van der Waals surface area contributed by atoms with Crippen molar-refractivity contribution in [2.24, 2.45) is 0 Å². The van der Waals surface area contributed by atoms with Gasteiger partial charge in [-0.15, -0.1) is 0 Å². The lowest BCUT2D eigenvalue weighted by Crippen LogP contribution is -2.42. The van der Waals surface area contributed by atoms with Crippen molar-refractivity contribution < 1.29 is 9.15 Å². The van der Waals surface area contributed by atoms with Crippen LogP contribution in [-0.2, 0) is 11.2 Å². The van der Waals surface area contributed by atoms with E-state index >= 15 is 0 Å². The van der Waals surface area contributed by atoms with Gasteiger partial charge in [0.1, 0.15) is 0 Å². The van der Waals surface area contributed by atoms with E-state index in [1.165, 1.54) is 5.56 Å². The summed E-state index contributed by atoms with van der Waals surface area (Å²) in [7, 11) is 0. The fourth-order valence-electron chi connectivity index (χ4n) is 1.99. The summed E-state index contributed by atoms with van der Waals surface area (Å²) in [6.07, 6.45) is 5.80. The number of ether oxygens (including phenoxy) is 1. The summed E-state index contributed by atoms with van der Waals surface area (Å²) in [5, 5.41) is 3.49. The SMILES string of the molecule is CCNC(Cc1ccoc1)C(CC)OCC. The van der Waals surface area contributed by atoms with Gasteiger partial charge in [0.15, 0.2) is 0 Å². The monoisotopic (exact) mass is 225 g/mol. The summed E-state index contributed by atoms with van der Waals surface area (Å²) in [6.45, 7) is 8.07. The third-order valence-corrected chi connectivity index (χ3v) is 2.73. The Morgan fingerprint density at radius 1 is 1.38 bits per heavy atom. The maximum atomic E-state index is 5.76. The van der Waals surface area contributed by atoms with E-state index in [1.807, 2.05) is 19.3 Å². The van der Waals surface area contributed by atoms with Crippen LogP contribution < -0.4 is 5.32 Å². The molecule has 2 unspecified atom stereocenters. The number of hydrogen-bond donors (Lipinski definition) is 1. The quantitative estimate of drug-likeness (QED) is 0.738. The van der Waals surface area contributed by atoms with E-state index in [0.717, 1.165) is 26.0 Å². The van der Waals surface area contributed by atoms with Gasteiger partial charge in [-0.25, -0.2) is 0 Å². The summed E-state index contributed by atoms with van der Waals surface area (Å²) in [5.41, 5.74) is 1.23. The second-order valence-electron chi connectivity index (χ2n) is 3.90. The molecule has 0 aliphatic heterocycles. The molecule has 1 heterocycles. The molecule has 3 nitrogen and oxygen atoms in total. The number of nitrogens with one attached hydrogen (secondary N) is 1. The zero-order chi connectivity index (χ0) is 11.8. The van der Waals surface area contributed by atoms with E-state index < -0.39 is 0 Å². The number of furan rings is 1. The standard InChI is InChI=1S/C13H23NO2/c1-4-13(16-6-3)12(14-5-2)9-11-7-8-15-10-11/h7-8,10,12-14H,4-6,9H2,1-3H3. The van der Waals surface area contributed by atoms with Crippen molar-refractivity contribution in [3.8, 4) is 0 Å². The Morgan fingerprint density at radius 2 is 2.19 bits per heavy atom. The Labute approximate surface area is 98.2 Å². The summed E-state index contributed by atoms with van der Waals surface area (Å²) in [6, 6.07) is 2.38. The summed E-state index contributed by atoms with van der Waals surface area (Å²) in [5.74, 6) is 0. The van der Waals surface area contributed by atoms with Crippen molar-refractivity contribution in [3.05, 3.63) is 24.2 Å². The van der Waals surface area contributed by atoms with Crippen molar-refractivity contribution in [1.29, 1.82) is 0 Å². The lowest BCUT2D eigenvalue weighted by molar-refractivity contribution is 0.0323. The molecular formula is C13H23NO2. The Kier molecular flexibility index (Phi) is 6.19. The average molecular weight is 225 g/mol. The van der Waals surface area contributed by atoms with Crippen LogP contribution in [0.15, 0.2) is 23.0 Å². The molecule has 0 aliphatic rings. The molecule has 0 bridgehead atoms. The summed E-state index contributed by atoms with van der Waals surface area (Å²) in [4.78, 5) is 0. The molecule has 3 heteroatoms. The van der Waals surface area contributed by atoms with Gasteiger partial charge in [-0.05, 0) is 37.9 Å². The number of rotatable bonds is 8. The minimum atomic E-state index is 0.278. The van der Waals surface area contributed by atoms with Gasteiger partial charge in [-0.1, -0.05) is 13.8 Å². The molecule has 1 aromatic rings. The third kappa shape index (κ3) is 3.99. The minimum absolute atomic E-state index is 0.278. The van der Waals surface area contributed by atoms with Crippen molar-refractivity contribution in [3.63, 3.8) is 0 Å². The Morgan fingerprint density at radius 3 is 2.69 bits per heavy atom. The molecular weight excluding hydrogens is 202 g/mol. The predicted octanol–water partition coefficient (Wildman–Crippen LogP) is 2.62. The van der Waals surface area contributed by atoms with Gasteiger partial charge in [0, 0.05) is 12.6 Å². The fraction of sp³-hybridized carbons (Fsp3) is 0.692. The van der Waals surface area contributed by atoms with Gasteiger partial charge in [0.05, 0.1) is 18.6 Å². The molecule has 0 spiro atoms. The van der Waals surface area contributed by atoms with Crippen LogP contribution in [0.5, 0.6) is 0 Å². The van der Waals surface area contributed by atoms with Crippen LogP contribution in [0.1, 0.15) is 32.8 Å². The van der Waals surface area contributed by atoms with Gasteiger partial charge in [-0.2, -0.15) is 0 Å². The first-order valence-corrected chi connectivity index (χ1v) is 6.17. The molecule has 92 valence electrons. The van der Waals surface area contributed by atoms with Gasteiger partial charge >= 0.3 is 0 Å². The molecule has 0 radical (unpaired) electrons. The van der Waals surface area contributed by atoms with Crippen LogP contribution in [0.3, 0.4) is 0 Å². The second-order valence-corrected chi connectivity index (χ2v) is 3.90. The van der Waals surface area contributed by atoms with E-state index in [9.17, 15) is 0 Å². The van der Waals surface area contributed by atoms with E-state index in [4.69, 9.17) is 9.15 Å². The molecule has 0 aromatic carbocycles. The molecule has 0 saturated heterocycles. The Balaban J connectivity index is 2.57. The van der Waals surface area contributed by atoms with Gasteiger partial charge in [0.2, 0.25) is 0 Å². The fourth-order valence-corrected chi connectivity index (χ4v) is 1.99. The average Bonchev–Trinajstić information content (AvgIpc) is 2.78. The van der Waals surface area contributed by atoms with Crippen LogP contribution >= 0.6 is 0 Å². The minimum Gasteiger partial charge on any atom is -0.472 e. The summed E-state index contributed by atoms with van der Waals surface area (Å²) < 4.78 is 10.9. The molecule has 1 aromatic heterocycles. The largest absolute Gasteiger partial charge is 0.472 e. The lowest BCUT2D eigenvalue weighted by Gasteiger charge is -2.26. The first-order valence-electron chi connectivity index (χ1n) is 6.17. The smallest absolute Gasteiger partial charge is 0.0935 e. The highest BCUT2D eigenvalue weighted by Gasteiger charge is 2.19. The van der Waals surface area contributed by atoms with Crippen molar-refractivity contribution >= 4 is 0 Å². The topological polar surface area (TPSA) is 34.4 Å². The normalized spacial score (nSPS) is 14.9. The number of likely N-dealkylation sites (N-methyl/N-ethyl adjacent to an activating group) is 1. The van der Waals surface area contributed by atoms with E-state index in [2.05, 4.69) is 19.2 Å². The van der Waals surface area contributed by atoms with Crippen LogP contribution in [0.25, 0.3) is 0 Å². The molecule has 0 amide bonds. The van der Waals surface area contributed by atoms with Crippen LogP contribution in [0.4, 0.5) is 0 Å². The Hall–Kier alpha value is -0.800. The molecule has 1 rings (SSSR count). The van der Waals surface area contributed by atoms with Crippen LogP contribution in [0, 0.1) is 0 Å². The molecule has 0 saturated carbocycles. The van der Waals surface area contributed by atoms with E-state index in [-0.39, 0.29) is 6.10 Å². The lowest BCUT2D eigenvalue weighted by atomic mass is 10.0. The van der Waals surface area contributed by atoms with Gasteiger partial charge in [0.25, 0.3) is 0 Å². The highest BCUT2D eigenvalue weighted by Crippen LogP contribution is 2.12. The molecule has 16 heavy (non-hydrogen) atoms. The van der Waals surface area contributed by atoms with Gasteiger partial charge in [-0.3, -0.25) is 0 Å². The second kappa shape index (κ2) is 7.47. The van der Waals surface area contributed by atoms with Crippen molar-refractivity contribution in [2.45, 2.75) is 45.8 Å². The maximum absolute atomic E-state index is 5.76. The van der Waals surface area contributed by atoms with Crippen LogP contribution in [-0.4, -0.2) is 25.3 Å². The molecule has 1 N–H and O–H groups in total. The zero-order valence-corrected chi connectivity index (χ0v) is 10.5. The molecule has 2 atom stereocenters. The predicted molar refractivity (Wildman–Crippen MR) is 65.6 cm³/mol. The zero-order valence-electron chi connectivity index (χ0n) is 10.5. The van der Waals surface area contributed by atoms with Crippen molar-refractivity contribution in [1.82, 2.24) is 5.32 Å². The molecule has 0 fully saturated rings. The van der Waals surface area contributed by atoms with Crippen LogP contribution in [0.2, 0.25) is 0 Å². The third-order valence-electron chi connectivity index (χ3n) is 2.73. The number of hydrogen-bond acceptors (Lipinski definition) is 3. The first kappa shape index (κ1) is 13.3. The van der Waals surface area contributed by atoms with Gasteiger partial charge < -0.3 is 14.5 Å². The maximum Gasteiger partial charge on any atom is 0.0935 e. The van der Waals surface area contributed by atoms with E-state index in [1.54, 1.807) is 6.26 Å². The van der Waals surface area contributed by atoms with Crippen molar-refractivity contribution in [2.75, 3.05) is 13.2 Å². The first-order chi connectivity index (χ1) is 7.81. The highest BCUT2D eigenvalue weighted by molar-refractivity contribution is 5.08. The highest BCUT2D eigenvalue weighted by atomic mass is 16.5. The van der Waals surface area contributed by atoms with E-state index in [0.29, 0.717) is 6.04 Å². The molecule has 0 aliphatic carbocycles. The summed E-state index contributed by atoms with van der Waals surface area (Å²) >= 11 is 0. The Bertz CT molecular complexity index is 259.